The van der Waals surface area contributed by atoms with Crippen molar-refractivity contribution < 1.29 is 4.12 Å². The summed E-state index contributed by atoms with van der Waals surface area (Å²) in [5.74, 6) is 0. The summed E-state index contributed by atoms with van der Waals surface area (Å²) in [6.07, 6.45) is 0. The summed E-state index contributed by atoms with van der Waals surface area (Å²) in [4.78, 5) is 0. The van der Waals surface area contributed by atoms with Crippen LogP contribution < -0.4 is 0 Å². The van der Waals surface area contributed by atoms with Crippen LogP contribution in [0.1, 0.15) is 0 Å². The predicted octanol–water partition coefficient (Wildman–Crippen LogP) is 3.29. The Morgan fingerprint density at radius 3 is 1.36 bits per heavy atom. The van der Waals surface area contributed by atoms with Crippen molar-refractivity contribution in [3.05, 3.63) is 24.6 Å². The Bertz CT molecular complexity index is 151. The number of hydrogen-bond donors (Lipinski definition) is 0. The maximum atomic E-state index is 5.67. The van der Waals surface area contributed by atoms with Crippen molar-refractivity contribution in [3.63, 3.8) is 0 Å². The van der Waals surface area contributed by atoms with E-state index in [4.69, 9.17) is 48.4 Å². The van der Waals surface area contributed by atoms with Gasteiger partial charge in [0.15, 0.2) is 0 Å². The smallest absolute Gasteiger partial charge is 0.404 e. The van der Waals surface area contributed by atoms with E-state index < -0.39 is 13.9 Å². The summed E-state index contributed by atoms with van der Waals surface area (Å²) in [7, 11) is 0. The minimum atomic E-state index is -2.90. The predicted molar refractivity (Wildman–Crippen MR) is 56.4 cm³/mol. The minimum absolute atomic E-state index is 1.33. The standard InChI is InChI=1S/C4H6Cl4OSi2/c1-3-10(5,6)9-11(7,8)4-2/h3-4H,1-2H2. The molecule has 0 atom stereocenters. The molecular formula is C4H6Cl4OSi2. The maximum Gasteiger partial charge on any atom is 0.407 e. The van der Waals surface area contributed by atoms with Gasteiger partial charge in [-0.25, -0.2) is 0 Å². The first kappa shape index (κ1) is 12.0. The summed E-state index contributed by atoms with van der Waals surface area (Å²) in [5, 5.41) is 0. The molecule has 0 N–H and O–H groups in total. The summed E-state index contributed by atoms with van der Waals surface area (Å²) >= 11 is 22.7. The fourth-order valence-corrected chi connectivity index (χ4v) is 8.19. The molecule has 0 fully saturated rings. The lowest BCUT2D eigenvalue weighted by molar-refractivity contribution is 0.628. The molecule has 0 aromatic rings. The van der Waals surface area contributed by atoms with Gasteiger partial charge >= 0.3 is 13.9 Å². The Kier molecular flexibility index (Phi) is 4.73. The van der Waals surface area contributed by atoms with Crippen molar-refractivity contribution in [3.8, 4) is 0 Å². The van der Waals surface area contributed by atoms with Crippen LogP contribution in [0.3, 0.4) is 0 Å². The molecule has 64 valence electrons. The largest absolute Gasteiger partial charge is 0.407 e. The monoisotopic (exact) mass is 266 g/mol. The fraction of sp³-hybridized carbons (Fsp3) is 0. The molecule has 0 spiro atoms. The van der Waals surface area contributed by atoms with Gasteiger partial charge in [-0.2, -0.15) is 0 Å². The van der Waals surface area contributed by atoms with Crippen molar-refractivity contribution in [2.75, 3.05) is 0 Å². The van der Waals surface area contributed by atoms with Crippen molar-refractivity contribution in [1.29, 1.82) is 0 Å². The van der Waals surface area contributed by atoms with Crippen LogP contribution in [0, 0.1) is 0 Å². The van der Waals surface area contributed by atoms with E-state index in [0.29, 0.717) is 0 Å². The zero-order valence-corrected chi connectivity index (χ0v) is 10.5. The Labute approximate surface area is 86.6 Å². The molecule has 0 aliphatic rings. The lowest BCUT2D eigenvalue weighted by Crippen LogP contribution is -2.35. The van der Waals surface area contributed by atoms with E-state index in [1.54, 1.807) is 0 Å². The van der Waals surface area contributed by atoms with Gasteiger partial charge in [0.05, 0.1) is 0 Å². The third-order valence-electron chi connectivity index (χ3n) is 0.747. The summed E-state index contributed by atoms with van der Waals surface area (Å²) < 4.78 is 5.03. The molecule has 0 bridgehead atoms. The van der Waals surface area contributed by atoms with Gasteiger partial charge in [0, 0.05) is 0 Å². The second-order valence-electron chi connectivity index (χ2n) is 1.63. The van der Waals surface area contributed by atoms with Gasteiger partial charge in [-0.1, -0.05) is 0 Å². The molecule has 0 saturated heterocycles. The SMILES string of the molecule is C=C[Si](Cl)(Cl)O[Si](Cl)(Cl)C=C. The fourth-order valence-electron chi connectivity index (χ4n) is 0.265. The highest BCUT2D eigenvalue weighted by atomic mass is 35.7. The van der Waals surface area contributed by atoms with Gasteiger partial charge < -0.3 is 4.12 Å². The molecule has 0 unspecified atom stereocenters. The molecule has 0 aliphatic heterocycles. The van der Waals surface area contributed by atoms with E-state index in [1.165, 1.54) is 11.4 Å². The molecule has 0 aromatic carbocycles. The highest BCUT2D eigenvalue weighted by Crippen LogP contribution is 2.28. The summed E-state index contributed by atoms with van der Waals surface area (Å²) in [6, 6.07) is 0. The average molecular weight is 268 g/mol. The van der Waals surface area contributed by atoms with Gasteiger partial charge in [-0.05, 0) is 11.4 Å². The van der Waals surface area contributed by atoms with Crippen molar-refractivity contribution >= 4 is 58.2 Å². The second kappa shape index (κ2) is 4.32. The topological polar surface area (TPSA) is 9.23 Å². The molecule has 7 heteroatoms. The van der Waals surface area contributed by atoms with Gasteiger partial charge in [0.25, 0.3) is 0 Å². The normalized spacial score (nSPS) is 12.7. The Morgan fingerprint density at radius 2 is 1.18 bits per heavy atom. The third-order valence-corrected chi connectivity index (χ3v) is 8.50. The molecule has 0 aliphatic carbocycles. The van der Waals surface area contributed by atoms with E-state index in [1.807, 2.05) is 0 Å². The van der Waals surface area contributed by atoms with Crippen LogP contribution in [0.4, 0.5) is 0 Å². The lowest BCUT2D eigenvalue weighted by Gasteiger charge is -2.19. The van der Waals surface area contributed by atoms with E-state index in [0.717, 1.165) is 0 Å². The summed E-state index contributed by atoms with van der Waals surface area (Å²) in [5.41, 5.74) is 2.65. The van der Waals surface area contributed by atoms with Crippen LogP contribution in [-0.2, 0) is 4.12 Å². The zero-order valence-electron chi connectivity index (χ0n) is 5.49. The van der Waals surface area contributed by atoms with E-state index in [2.05, 4.69) is 13.2 Å². The number of rotatable bonds is 4. The second-order valence-corrected chi connectivity index (χ2v) is 13.4. The van der Waals surface area contributed by atoms with Crippen LogP contribution >= 0.6 is 44.3 Å². The van der Waals surface area contributed by atoms with Crippen molar-refractivity contribution in [2.24, 2.45) is 0 Å². The molecule has 0 amide bonds. The number of halogens is 4. The molecule has 0 rings (SSSR count). The first-order valence-corrected chi connectivity index (χ1v) is 10.6. The van der Waals surface area contributed by atoms with Crippen molar-refractivity contribution in [1.82, 2.24) is 0 Å². The highest BCUT2D eigenvalue weighted by molar-refractivity contribution is 7.53. The van der Waals surface area contributed by atoms with E-state index in [-0.39, 0.29) is 0 Å². The quantitative estimate of drug-likeness (QED) is 0.561. The van der Waals surface area contributed by atoms with Gasteiger partial charge in [0.2, 0.25) is 0 Å². The number of hydrogen-bond acceptors (Lipinski definition) is 1. The molecule has 0 radical (unpaired) electrons. The van der Waals surface area contributed by atoms with Crippen LogP contribution in [0.15, 0.2) is 24.6 Å². The van der Waals surface area contributed by atoms with E-state index >= 15 is 0 Å². The molecule has 0 heterocycles. The van der Waals surface area contributed by atoms with Crippen LogP contribution in [0.25, 0.3) is 0 Å². The first-order valence-electron chi connectivity index (χ1n) is 2.56. The lowest BCUT2D eigenvalue weighted by atomic mass is 11.3. The average Bonchev–Trinajstić information content (AvgIpc) is 1.86. The summed E-state index contributed by atoms with van der Waals surface area (Å²) in [6.45, 7) is 0.991. The molecule has 1 nitrogen and oxygen atoms in total. The van der Waals surface area contributed by atoms with Crippen molar-refractivity contribution in [2.45, 2.75) is 0 Å². The molecule has 0 saturated carbocycles. The van der Waals surface area contributed by atoms with Gasteiger partial charge in [0.1, 0.15) is 0 Å². The van der Waals surface area contributed by atoms with Crippen LogP contribution in [-0.4, -0.2) is 13.9 Å². The zero-order chi connectivity index (χ0) is 9.12. The van der Waals surface area contributed by atoms with E-state index in [9.17, 15) is 0 Å². The maximum absolute atomic E-state index is 5.67. The minimum Gasteiger partial charge on any atom is -0.404 e. The highest BCUT2D eigenvalue weighted by Gasteiger charge is 2.38. The molecule has 11 heavy (non-hydrogen) atoms. The van der Waals surface area contributed by atoms with Gasteiger partial charge in [-0.3, -0.25) is 0 Å². The molecular weight excluding hydrogens is 262 g/mol. The van der Waals surface area contributed by atoms with Gasteiger partial charge in [-0.15, -0.1) is 57.5 Å². The third kappa shape index (κ3) is 5.30. The Balaban J connectivity index is 4.23. The van der Waals surface area contributed by atoms with Crippen LogP contribution in [0.2, 0.25) is 0 Å². The van der Waals surface area contributed by atoms with Crippen LogP contribution in [0.5, 0.6) is 0 Å². The Morgan fingerprint density at radius 1 is 0.909 bits per heavy atom. The molecule has 0 aromatic heterocycles. The Hall–Kier alpha value is 1.03. The first-order chi connectivity index (χ1) is 4.83.